The summed E-state index contributed by atoms with van der Waals surface area (Å²) in [4.78, 5) is 21.8. The van der Waals surface area contributed by atoms with Gasteiger partial charge in [-0.15, -0.1) is 18.3 Å². The van der Waals surface area contributed by atoms with Crippen molar-refractivity contribution in [2.75, 3.05) is 11.9 Å². The highest BCUT2D eigenvalue weighted by atomic mass is 79.9. The summed E-state index contributed by atoms with van der Waals surface area (Å²) in [5.41, 5.74) is 0.857. The number of hydrogen-bond acceptors (Lipinski definition) is 6. The molecule has 36 heavy (non-hydrogen) atoms. The Labute approximate surface area is 217 Å². The zero-order valence-electron chi connectivity index (χ0n) is 19.2. The molecule has 1 atom stereocenters. The van der Waals surface area contributed by atoms with Crippen molar-refractivity contribution >= 4 is 55.9 Å². The monoisotopic (exact) mass is 584 g/mol. The van der Waals surface area contributed by atoms with Gasteiger partial charge in [0.2, 0.25) is 11.9 Å². The molecule has 2 heterocycles. The first-order valence-corrected chi connectivity index (χ1v) is 12.2. The Hall–Kier alpha value is -3.12. The van der Waals surface area contributed by atoms with Gasteiger partial charge in [0.25, 0.3) is 0 Å². The fourth-order valence-electron chi connectivity index (χ4n) is 3.57. The molecule has 0 spiro atoms. The van der Waals surface area contributed by atoms with Gasteiger partial charge in [-0.05, 0) is 59.1 Å². The molecule has 2 aromatic heterocycles. The summed E-state index contributed by atoms with van der Waals surface area (Å²) >= 11 is 9.40. The number of nitrogens with one attached hydrogen (secondary N) is 2. The van der Waals surface area contributed by atoms with Crippen molar-refractivity contribution < 1.29 is 22.7 Å². The molecule has 4 rings (SSSR count). The Morgan fingerprint density at radius 2 is 2.00 bits per heavy atom. The summed E-state index contributed by atoms with van der Waals surface area (Å²) in [5, 5.41) is 11.1. The number of halogens is 5. The predicted octanol–water partition coefficient (Wildman–Crippen LogP) is 5.98. The van der Waals surface area contributed by atoms with Crippen LogP contribution in [-0.2, 0) is 4.79 Å². The number of amides is 1. The molecule has 0 aliphatic heterocycles. The summed E-state index contributed by atoms with van der Waals surface area (Å²) in [6, 6.07) is 8.54. The van der Waals surface area contributed by atoms with E-state index in [0.717, 1.165) is 12.5 Å². The van der Waals surface area contributed by atoms with Gasteiger partial charge in [-0.3, -0.25) is 4.79 Å². The van der Waals surface area contributed by atoms with E-state index in [9.17, 15) is 18.0 Å². The van der Waals surface area contributed by atoms with E-state index in [-0.39, 0.29) is 28.3 Å². The summed E-state index contributed by atoms with van der Waals surface area (Å²) < 4.78 is 45.4. The van der Waals surface area contributed by atoms with Crippen LogP contribution in [0.25, 0.3) is 27.9 Å². The third kappa shape index (κ3) is 5.49. The molecule has 2 N–H and O–H groups in total. The third-order valence-corrected chi connectivity index (χ3v) is 6.12. The molecule has 0 fully saturated rings. The van der Waals surface area contributed by atoms with Gasteiger partial charge in [0.05, 0.1) is 11.1 Å². The molecule has 13 heteroatoms. The van der Waals surface area contributed by atoms with Gasteiger partial charge < -0.3 is 15.4 Å². The van der Waals surface area contributed by atoms with E-state index in [4.69, 9.17) is 11.6 Å². The SMILES string of the molecule is CCCNC(=O)[C@H](CC)Nc1nc2c(Br)cccc2c2nc(-c3ccc(Cl)cc3OC(F)(F)F)nn12. The first-order valence-electron chi connectivity index (χ1n) is 11.1. The fourth-order valence-corrected chi connectivity index (χ4v) is 4.19. The average Bonchev–Trinajstić information content (AvgIpc) is 3.26. The molecule has 0 aliphatic carbocycles. The van der Waals surface area contributed by atoms with Crippen LogP contribution >= 0.6 is 27.5 Å². The summed E-state index contributed by atoms with van der Waals surface area (Å²) in [6.07, 6.45) is -3.71. The largest absolute Gasteiger partial charge is 0.573 e. The van der Waals surface area contributed by atoms with Crippen LogP contribution in [0.3, 0.4) is 0 Å². The number of anilines is 1. The standard InChI is InChI=1S/C23H21BrClF3N6O2/c1-3-10-29-21(35)16(4-2)30-22-31-18-14(6-5-7-15(18)24)20-32-19(33-34(20)22)13-9-8-12(25)11-17(13)36-23(26,27)28/h5-9,11,16H,3-4,10H2,1-2H3,(H,29,35)(H,30,31)/t16-/m0/s1. The second-order valence-electron chi connectivity index (χ2n) is 7.83. The van der Waals surface area contributed by atoms with Crippen molar-refractivity contribution in [3.05, 3.63) is 45.9 Å². The van der Waals surface area contributed by atoms with Crippen LogP contribution in [0.1, 0.15) is 26.7 Å². The number of carbonyl (C=O) groups excluding carboxylic acids is 1. The van der Waals surface area contributed by atoms with Crippen molar-refractivity contribution in [3.63, 3.8) is 0 Å². The molecular formula is C23H21BrClF3N6O2. The number of fused-ring (bicyclic) bond motifs is 3. The van der Waals surface area contributed by atoms with Gasteiger partial charge in [-0.2, -0.15) is 4.52 Å². The molecule has 4 aromatic rings. The Morgan fingerprint density at radius 1 is 1.22 bits per heavy atom. The zero-order valence-corrected chi connectivity index (χ0v) is 21.5. The molecular weight excluding hydrogens is 565 g/mol. The minimum Gasteiger partial charge on any atom is -0.405 e. The van der Waals surface area contributed by atoms with Gasteiger partial charge in [0.15, 0.2) is 11.5 Å². The first kappa shape index (κ1) is 26.0. The second-order valence-corrected chi connectivity index (χ2v) is 9.12. The van der Waals surface area contributed by atoms with E-state index >= 15 is 0 Å². The van der Waals surface area contributed by atoms with Crippen LogP contribution in [0.5, 0.6) is 5.75 Å². The predicted molar refractivity (Wildman–Crippen MR) is 134 cm³/mol. The lowest BCUT2D eigenvalue weighted by molar-refractivity contribution is -0.274. The minimum atomic E-state index is -4.94. The van der Waals surface area contributed by atoms with Gasteiger partial charge in [0.1, 0.15) is 11.8 Å². The van der Waals surface area contributed by atoms with Gasteiger partial charge in [-0.1, -0.05) is 31.5 Å². The summed E-state index contributed by atoms with van der Waals surface area (Å²) in [7, 11) is 0. The molecule has 0 radical (unpaired) electrons. The molecule has 2 aromatic carbocycles. The van der Waals surface area contributed by atoms with E-state index in [1.807, 2.05) is 13.8 Å². The number of hydrogen-bond donors (Lipinski definition) is 2. The lowest BCUT2D eigenvalue weighted by Crippen LogP contribution is -2.40. The summed E-state index contributed by atoms with van der Waals surface area (Å²) in [5.74, 6) is -0.578. The normalized spacial score (nSPS) is 12.6. The maximum atomic E-state index is 13.1. The molecule has 0 saturated heterocycles. The van der Waals surface area contributed by atoms with Crippen LogP contribution in [0, 0.1) is 0 Å². The maximum Gasteiger partial charge on any atom is 0.573 e. The Morgan fingerprint density at radius 3 is 2.69 bits per heavy atom. The van der Waals surface area contributed by atoms with E-state index < -0.39 is 18.2 Å². The van der Waals surface area contributed by atoms with Crippen LogP contribution < -0.4 is 15.4 Å². The lowest BCUT2D eigenvalue weighted by Gasteiger charge is -2.18. The van der Waals surface area contributed by atoms with E-state index in [1.165, 1.54) is 16.6 Å². The van der Waals surface area contributed by atoms with Gasteiger partial charge in [-0.25, -0.2) is 9.97 Å². The number of carbonyl (C=O) groups is 1. The minimum absolute atomic E-state index is 0.0118. The first-order chi connectivity index (χ1) is 17.1. The van der Waals surface area contributed by atoms with Crippen LogP contribution in [0.15, 0.2) is 40.9 Å². The van der Waals surface area contributed by atoms with E-state index in [0.29, 0.717) is 34.0 Å². The van der Waals surface area contributed by atoms with Crippen LogP contribution in [0.2, 0.25) is 5.02 Å². The van der Waals surface area contributed by atoms with Crippen molar-refractivity contribution in [1.82, 2.24) is 24.9 Å². The highest BCUT2D eigenvalue weighted by molar-refractivity contribution is 9.10. The maximum absolute atomic E-state index is 13.1. The zero-order chi connectivity index (χ0) is 26.0. The number of benzene rings is 2. The van der Waals surface area contributed by atoms with Crippen LogP contribution in [-0.4, -0.2) is 44.4 Å². The second kappa shape index (κ2) is 10.5. The lowest BCUT2D eigenvalue weighted by atomic mass is 10.2. The van der Waals surface area contributed by atoms with E-state index in [2.05, 4.69) is 46.4 Å². The van der Waals surface area contributed by atoms with Crippen molar-refractivity contribution in [1.29, 1.82) is 0 Å². The molecule has 190 valence electrons. The number of alkyl halides is 3. The number of ether oxygens (including phenoxy) is 1. The number of nitrogens with zero attached hydrogens (tertiary/aromatic N) is 4. The quantitative estimate of drug-likeness (QED) is 0.264. The average molecular weight is 586 g/mol. The fraction of sp³-hybridized carbons (Fsp3) is 0.304. The molecule has 8 nitrogen and oxygen atoms in total. The highest BCUT2D eigenvalue weighted by Crippen LogP contribution is 2.36. The Kier molecular flexibility index (Phi) is 7.55. The number of para-hydroxylation sites is 1. The molecule has 0 aliphatic rings. The Balaban J connectivity index is 1.89. The molecule has 0 saturated carbocycles. The highest BCUT2D eigenvalue weighted by Gasteiger charge is 2.33. The third-order valence-electron chi connectivity index (χ3n) is 5.24. The number of rotatable bonds is 8. The molecule has 1 amide bonds. The summed E-state index contributed by atoms with van der Waals surface area (Å²) in [6.45, 7) is 4.32. The molecule has 0 unspecified atom stereocenters. The number of aromatic nitrogens is 4. The van der Waals surface area contributed by atoms with Crippen molar-refractivity contribution in [2.45, 2.75) is 39.1 Å². The smallest absolute Gasteiger partial charge is 0.405 e. The van der Waals surface area contributed by atoms with E-state index in [1.54, 1.807) is 18.2 Å². The van der Waals surface area contributed by atoms with Crippen molar-refractivity contribution in [2.24, 2.45) is 0 Å². The van der Waals surface area contributed by atoms with Crippen LogP contribution in [0.4, 0.5) is 19.1 Å². The van der Waals surface area contributed by atoms with Crippen molar-refractivity contribution in [3.8, 4) is 17.1 Å². The van der Waals surface area contributed by atoms with Gasteiger partial charge >= 0.3 is 6.36 Å². The van der Waals surface area contributed by atoms with Gasteiger partial charge in [0, 0.05) is 21.4 Å². The Bertz CT molecular complexity index is 1430. The topological polar surface area (TPSA) is 93.4 Å². The molecule has 0 bridgehead atoms.